The number of hydrogen-bond acceptors (Lipinski definition) is 3. The zero-order valence-electron chi connectivity index (χ0n) is 9.87. The van der Waals surface area contributed by atoms with Crippen LogP contribution in [0.5, 0.6) is 0 Å². The SMILES string of the molecule is O=C(CC(F)(F)F)Nc1ocnc1-c1ccc(Cl)cc1. The Kier molecular flexibility index (Phi) is 3.99. The topological polar surface area (TPSA) is 55.1 Å². The van der Waals surface area contributed by atoms with Crippen LogP contribution in [0.3, 0.4) is 0 Å². The van der Waals surface area contributed by atoms with Crippen molar-refractivity contribution in [2.75, 3.05) is 5.32 Å². The molecule has 0 atom stereocenters. The van der Waals surface area contributed by atoms with Crippen molar-refractivity contribution in [1.82, 2.24) is 4.98 Å². The van der Waals surface area contributed by atoms with E-state index in [-0.39, 0.29) is 11.6 Å². The summed E-state index contributed by atoms with van der Waals surface area (Å²) in [6.07, 6.45) is -5.13. The minimum absolute atomic E-state index is 0.137. The number of carbonyl (C=O) groups is 1. The number of hydrogen-bond donors (Lipinski definition) is 1. The van der Waals surface area contributed by atoms with Crippen molar-refractivity contribution in [2.24, 2.45) is 0 Å². The number of benzene rings is 1. The summed E-state index contributed by atoms with van der Waals surface area (Å²) in [7, 11) is 0. The van der Waals surface area contributed by atoms with Crippen molar-refractivity contribution < 1.29 is 22.4 Å². The van der Waals surface area contributed by atoms with Crippen molar-refractivity contribution in [3.63, 3.8) is 0 Å². The van der Waals surface area contributed by atoms with Crippen molar-refractivity contribution in [1.29, 1.82) is 0 Å². The van der Waals surface area contributed by atoms with E-state index >= 15 is 0 Å². The van der Waals surface area contributed by atoms with E-state index in [0.29, 0.717) is 10.6 Å². The molecule has 0 unspecified atom stereocenters. The first-order valence-corrected chi connectivity index (χ1v) is 5.79. The number of nitrogens with zero attached hydrogens (tertiary/aromatic N) is 1. The van der Waals surface area contributed by atoms with E-state index in [2.05, 4.69) is 4.98 Å². The predicted octanol–water partition coefficient (Wildman–Crippen LogP) is 3.89. The zero-order chi connectivity index (χ0) is 14.8. The van der Waals surface area contributed by atoms with Crippen LogP contribution in [0.2, 0.25) is 5.02 Å². The molecule has 2 rings (SSSR count). The predicted molar refractivity (Wildman–Crippen MR) is 66.3 cm³/mol. The van der Waals surface area contributed by atoms with E-state index in [0.717, 1.165) is 6.39 Å². The molecule has 0 aliphatic rings. The second-order valence-corrected chi connectivity index (χ2v) is 4.31. The van der Waals surface area contributed by atoms with Gasteiger partial charge in [0.25, 0.3) is 0 Å². The number of halogens is 4. The lowest BCUT2D eigenvalue weighted by atomic mass is 10.1. The van der Waals surface area contributed by atoms with Gasteiger partial charge in [-0.2, -0.15) is 13.2 Å². The number of rotatable bonds is 3. The molecule has 0 bridgehead atoms. The lowest BCUT2D eigenvalue weighted by molar-refractivity contribution is -0.150. The number of anilines is 1. The summed E-state index contributed by atoms with van der Waals surface area (Å²) in [6, 6.07) is 6.40. The smallest absolute Gasteiger partial charge is 0.397 e. The van der Waals surface area contributed by atoms with Gasteiger partial charge in [-0.25, -0.2) is 4.98 Å². The summed E-state index contributed by atoms with van der Waals surface area (Å²) in [6.45, 7) is 0. The number of alkyl halides is 3. The molecule has 1 heterocycles. The number of nitrogens with one attached hydrogen (secondary N) is 1. The largest absolute Gasteiger partial charge is 0.427 e. The third-order valence-corrected chi connectivity index (χ3v) is 2.55. The standard InChI is InChI=1S/C12H8ClF3N2O2/c13-8-3-1-7(2-4-8)10-11(20-6-17-10)18-9(19)5-12(14,15)16/h1-4,6H,5H2,(H,18,19). The Morgan fingerprint density at radius 1 is 1.30 bits per heavy atom. The molecule has 20 heavy (non-hydrogen) atoms. The summed E-state index contributed by atoms with van der Waals surface area (Å²) < 4.78 is 41.1. The van der Waals surface area contributed by atoms with Crippen molar-refractivity contribution in [3.8, 4) is 11.3 Å². The molecule has 1 amide bonds. The minimum Gasteiger partial charge on any atom is -0.427 e. The first-order valence-electron chi connectivity index (χ1n) is 5.41. The highest BCUT2D eigenvalue weighted by Gasteiger charge is 2.31. The van der Waals surface area contributed by atoms with E-state index in [1.165, 1.54) is 0 Å². The third-order valence-electron chi connectivity index (χ3n) is 2.30. The molecule has 0 spiro atoms. The Labute approximate surface area is 116 Å². The second kappa shape index (κ2) is 5.54. The highest BCUT2D eigenvalue weighted by Crippen LogP contribution is 2.28. The van der Waals surface area contributed by atoms with Gasteiger partial charge in [-0.05, 0) is 12.1 Å². The van der Waals surface area contributed by atoms with E-state index in [4.69, 9.17) is 16.0 Å². The van der Waals surface area contributed by atoms with Crippen LogP contribution in [0.25, 0.3) is 11.3 Å². The Hall–Kier alpha value is -2.02. The Balaban J connectivity index is 2.17. The minimum atomic E-state index is -4.58. The van der Waals surface area contributed by atoms with Crippen molar-refractivity contribution in [2.45, 2.75) is 12.6 Å². The molecule has 0 radical (unpaired) electrons. The van der Waals surface area contributed by atoms with E-state index in [1.807, 2.05) is 5.32 Å². The van der Waals surface area contributed by atoms with Crippen LogP contribution in [0.4, 0.5) is 19.1 Å². The molecule has 0 saturated heterocycles. The van der Waals surface area contributed by atoms with Crippen LogP contribution in [0, 0.1) is 0 Å². The van der Waals surface area contributed by atoms with Gasteiger partial charge < -0.3 is 4.42 Å². The lowest BCUT2D eigenvalue weighted by Gasteiger charge is -2.06. The molecule has 1 aromatic carbocycles. The van der Waals surface area contributed by atoms with E-state index in [9.17, 15) is 18.0 Å². The maximum Gasteiger partial charge on any atom is 0.397 e. The summed E-state index contributed by atoms with van der Waals surface area (Å²) >= 11 is 5.73. The number of oxazole rings is 1. The van der Waals surface area contributed by atoms with Gasteiger partial charge in [0.05, 0.1) is 0 Å². The quantitative estimate of drug-likeness (QED) is 0.936. The fraction of sp³-hybridized carbons (Fsp3) is 0.167. The summed E-state index contributed by atoms with van der Waals surface area (Å²) in [5.74, 6) is -1.36. The molecule has 0 aliphatic carbocycles. The Morgan fingerprint density at radius 2 is 1.95 bits per heavy atom. The highest BCUT2D eigenvalue weighted by atomic mass is 35.5. The van der Waals surface area contributed by atoms with Gasteiger partial charge in [0.2, 0.25) is 11.8 Å². The van der Waals surface area contributed by atoms with Gasteiger partial charge in [0, 0.05) is 10.6 Å². The first kappa shape index (κ1) is 14.4. The molecule has 0 fully saturated rings. The van der Waals surface area contributed by atoms with Gasteiger partial charge in [0.1, 0.15) is 12.1 Å². The molecule has 1 N–H and O–H groups in total. The Bertz CT molecular complexity index is 608. The number of aromatic nitrogens is 1. The molecular formula is C12H8ClF3N2O2. The first-order chi connectivity index (χ1) is 9.35. The van der Waals surface area contributed by atoms with E-state index in [1.54, 1.807) is 24.3 Å². The van der Waals surface area contributed by atoms with E-state index < -0.39 is 18.5 Å². The van der Waals surface area contributed by atoms with Gasteiger partial charge in [-0.15, -0.1) is 0 Å². The van der Waals surface area contributed by atoms with Crippen LogP contribution in [-0.2, 0) is 4.79 Å². The van der Waals surface area contributed by atoms with Gasteiger partial charge >= 0.3 is 6.18 Å². The molecule has 8 heteroatoms. The summed E-state index contributed by atoms with van der Waals surface area (Å²) in [5, 5.41) is 2.54. The monoisotopic (exact) mass is 304 g/mol. The molecule has 0 saturated carbocycles. The van der Waals surface area contributed by atoms with Crippen LogP contribution >= 0.6 is 11.6 Å². The van der Waals surface area contributed by atoms with Crippen LogP contribution in [-0.4, -0.2) is 17.1 Å². The molecule has 2 aromatic rings. The summed E-state index contributed by atoms with van der Waals surface area (Å²) in [4.78, 5) is 15.1. The molecular weight excluding hydrogens is 297 g/mol. The molecule has 0 aliphatic heterocycles. The number of amides is 1. The molecule has 1 aromatic heterocycles. The average Bonchev–Trinajstić information content (AvgIpc) is 2.75. The van der Waals surface area contributed by atoms with Crippen LogP contribution in [0.1, 0.15) is 6.42 Å². The second-order valence-electron chi connectivity index (χ2n) is 3.88. The average molecular weight is 305 g/mol. The maximum absolute atomic E-state index is 12.1. The fourth-order valence-electron chi connectivity index (χ4n) is 1.50. The normalized spacial score (nSPS) is 11.4. The van der Waals surface area contributed by atoms with Gasteiger partial charge in [-0.1, -0.05) is 23.7 Å². The Morgan fingerprint density at radius 3 is 2.55 bits per heavy atom. The third kappa shape index (κ3) is 3.74. The highest BCUT2D eigenvalue weighted by molar-refractivity contribution is 6.30. The number of carbonyl (C=O) groups excluding carboxylic acids is 1. The van der Waals surface area contributed by atoms with Crippen LogP contribution < -0.4 is 5.32 Å². The molecule has 106 valence electrons. The fourth-order valence-corrected chi connectivity index (χ4v) is 1.63. The van der Waals surface area contributed by atoms with Crippen molar-refractivity contribution in [3.05, 3.63) is 35.7 Å². The van der Waals surface area contributed by atoms with Crippen LogP contribution in [0.15, 0.2) is 35.1 Å². The maximum atomic E-state index is 12.1. The lowest BCUT2D eigenvalue weighted by Crippen LogP contribution is -2.21. The van der Waals surface area contributed by atoms with Crippen molar-refractivity contribution >= 4 is 23.4 Å². The van der Waals surface area contributed by atoms with Gasteiger partial charge in [0.15, 0.2) is 6.39 Å². The zero-order valence-corrected chi connectivity index (χ0v) is 10.6. The van der Waals surface area contributed by atoms with Gasteiger partial charge in [-0.3, -0.25) is 10.1 Å². The molecule has 4 nitrogen and oxygen atoms in total. The summed E-state index contributed by atoms with van der Waals surface area (Å²) in [5.41, 5.74) is 0.794.